The average molecular weight is 465 g/mol. The van der Waals surface area contributed by atoms with Gasteiger partial charge in [-0.15, -0.1) is 0 Å². The third-order valence-electron chi connectivity index (χ3n) is 5.94. The molecular weight excluding hydrogens is 440 g/mol. The molecule has 166 valence electrons. The second-order valence-corrected chi connectivity index (χ2v) is 10.4. The van der Waals surface area contributed by atoms with Crippen LogP contribution >= 0.6 is 11.6 Å². The van der Waals surface area contributed by atoms with Crippen LogP contribution in [0.4, 0.5) is 5.69 Å². The number of methoxy groups -OCH3 is 2. The van der Waals surface area contributed by atoms with Gasteiger partial charge in [-0.2, -0.15) is 0 Å². The van der Waals surface area contributed by atoms with E-state index in [9.17, 15) is 13.2 Å². The Balaban J connectivity index is 1.59. The lowest BCUT2D eigenvalue weighted by Gasteiger charge is -2.43. The summed E-state index contributed by atoms with van der Waals surface area (Å²) in [4.78, 5) is 16.7. The summed E-state index contributed by atoms with van der Waals surface area (Å²) in [6, 6.07) is 11.9. The van der Waals surface area contributed by atoms with Crippen molar-refractivity contribution in [2.24, 2.45) is 0 Å². The maximum Gasteiger partial charge on any atom is 0.241 e. The molecule has 2 aromatic carbocycles. The number of rotatable bonds is 6. The first-order valence-corrected chi connectivity index (χ1v) is 12.2. The van der Waals surface area contributed by atoms with Gasteiger partial charge in [-0.05, 0) is 48.4 Å². The van der Waals surface area contributed by atoms with E-state index >= 15 is 0 Å². The molecule has 7 nitrogen and oxygen atoms in total. The third-order valence-corrected chi connectivity index (χ3v) is 7.88. The number of benzene rings is 2. The number of carbonyl (C=O) groups is 1. The number of halogens is 1. The van der Waals surface area contributed by atoms with E-state index in [2.05, 4.69) is 0 Å². The summed E-state index contributed by atoms with van der Waals surface area (Å²) in [5.74, 6) is 1.32. The van der Waals surface area contributed by atoms with E-state index in [0.29, 0.717) is 23.7 Å². The first-order chi connectivity index (χ1) is 14.8. The molecule has 0 spiro atoms. The van der Waals surface area contributed by atoms with Gasteiger partial charge in [0.25, 0.3) is 0 Å². The van der Waals surface area contributed by atoms with Gasteiger partial charge in [0.2, 0.25) is 5.91 Å². The highest BCUT2D eigenvalue weighted by Gasteiger charge is 2.49. The molecule has 0 aromatic heterocycles. The Hall–Kier alpha value is -2.29. The number of amides is 1. The number of ether oxygens (including phenoxy) is 2. The zero-order chi connectivity index (χ0) is 22.2. The smallest absolute Gasteiger partial charge is 0.241 e. The van der Waals surface area contributed by atoms with Crippen molar-refractivity contribution in [2.75, 3.05) is 43.7 Å². The largest absolute Gasteiger partial charge is 0.497 e. The quantitative estimate of drug-likeness (QED) is 0.653. The summed E-state index contributed by atoms with van der Waals surface area (Å²) in [6.45, 7) is 0.685. The number of carbonyl (C=O) groups excluding carboxylic acids is 1. The van der Waals surface area contributed by atoms with Gasteiger partial charge >= 0.3 is 0 Å². The van der Waals surface area contributed by atoms with Crippen LogP contribution in [0, 0.1) is 0 Å². The first kappa shape index (κ1) is 21.9. The molecule has 0 aliphatic carbocycles. The fourth-order valence-corrected chi connectivity index (χ4v) is 6.67. The van der Waals surface area contributed by atoms with Gasteiger partial charge in [-0.3, -0.25) is 9.69 Å². The van der Waals surface area contributed by atoms with Crippen molar-refractivity contribution < 1.29 is 22.7 Å². The second-order valence-electron chi connectivity index (χ2n) is 7.85. The van der Waals surface area contributed by atoms with Crippen LogP contribution in [0.3, 0.4) is 0 Å². The zero-order valence-corrected chi connectivity index (χ0v) is 19.0. The second kappa shape index (κ2) is 8.68. The molecule has 0 N–H and O–H groups in total. The van der Waals surface area contributed by atoms with Gasteiger partial charge in [-0.25, -0.2) is 8.42 Å². The molecule has 31 heavy (non-hydrogen) atoms. The van der Waals surface area contributed by atoms with E-state index < -0.39 is 15.9 Å². The molecular formula is C22H25ClN2O5S. The number of piperazine rings is 1. The number of nitrogens with zero attached hydrogens (tertiary/aromatic N) is 2. The Morgan fingerprint density at radius 3 is 2.55 bits per heavy atom. The summed E-state index contributed by atoms with van der Waals surface area (Å²) in [5.41, 5.74) is 1.59. The summed E-state index contributed by atoms with van der Waals surface area (Å²) in [6.07, 6.45) is 0.605. The van der Waals surface area contributed by atoms with Crippen LogP contribution in [0.2, 0.25) is 5.02 Å². The molecule has 0 saturated carbocycles. The predicted octanol–water partition coefficient (Wildman–Crippen LogP) is 2.41. The average Bonchev–Trinajstić information content (AvgIpc) is 3.06. The number of hydrogen-bond acceptors (Lipinski definition) is 6. The Morgan fingerprint density at radius 1 is 1.06 bits per heavy atom. The molecule has 2 aromatic rings. The lowest BCUT2D eigenvalue weighted by atomic mass is 10.0. The molecule has 2 aliphatic heterocycles. The number of anilines is 1. The summed E-state index contributed by atoms with van der Waals surface area (Å²) in [5, 5.41) is 0.509. The van der Waals surface area contributed by atoms with E-state index in [1.165, 1.54) is 0 Å². The minimum Gasteiger partial charge on any atom is -0.497 e. The van der Waals surface area contributed by atoms with Crippen molar-refractivity contribution >= 4 is 33.0 Å². The lowest BCUT2D eigenvalue weighted by Crippen LogP contribution is -2.62. The maximum atomic E-state index is 13.1. The Labute approximate surface area is 187 Å². The lowest BCUT2D eigenvalue weighted by molar-refractivity contribution is -0.123. The number of fused-ring (bicyclic) bond motifs is 1. The minimum absolute atomic E-state index is 0.0389. The van der Waals surface area contributed by atoms with Crippen molar-refractivity contribution in [3.63, 3.8) is 0 Å². The third kappa shape index (κ3) is 4.51. The molecule has 0 radical (unpaired) electrons. The van der Waals surface area contributed by atoms with Crippen LogP contribution < -0.4 is 14.4 Å². The van der Waals surface area contributed by atoms with Gasteiger partial charge in [-0.1, -0.05) is 17.7 Å². The van der Waals surface area contributed by atoms with Crippen LogP contribution in [0.5, 0.6) is 11.5 Å². The Bertz CT molecular complexity index is 1090. The van der Waals surface area contributed by atoms with Gasteiger partial charge in [0, 0.05) is 23.3 Å². The molecule has 1 amide bonds. The van der Waals surface area contributed by atoms with Gasteiger partial charge in [0.15, 0.2) is 9.84 Å². The molecule has 2 heterocycles. The topological polar surface area (TPSA) is 76.2 Å². The number of sulfone groups is 1. The van der Waals surface area contributed by atoms with Gasteiger partial charge < -0.3 is 14.4 Å². The van der Waals surface area contributed by atoms with Crippen molar-refractivity contribution in [1.29, 1.82) is 0 Å². The normalized spacial score (nSPS) is 22.9. The van der Waals surface area contributed by atoms with E-state index in [1.54, 1.807) is 43.4 Å². The van der Waals surface area contributed by atoms with Crippen LogP contribution in [0.15, 0.2) is 42.5 Å². The van der Waals surface area contributed by atoms with Crippen LogP contribution in [-0.2, 0) is 21.1 Å². The molecule has 4 rings (SSSR count). The van der Waals surface area contributed by atoms with E-state index in [4.69, 9.17) is 21.1 Å². The van der Waals surface area contributed by atoms with Crippen molar-refractivity contribution in [3.05, 3.63) is 53.1 Å². The van der Waals surface area contributed by atoms with Crippen molar-refractivity contribution in [1.82, 2.24) is 4.90 Å². The summed E-state index contributed by atoms with van der Waals surface area (Å²) < 4.78 is 35.8. The minimum atomic E-state index is -3.26. The van der Waals surface area contributed by atoms with Crippen molar-refractivity contribution in [3.8, 4) is 11.5 Å². The SMILES string of the molecule is COc1ccc(OC)c(CCN2CC(=O)N(c3cccc(Cl)c3)[C@@H]3CS(=O)(=O)C[C@@H]32)c1. The number of hydrogen-bond donors (Lipinski definition) is 0. The summed E-state index contributed by atoms with van der Waals surface area (Å²) in [7, 11) is -0.0421. The first-order valence-electron chi connectivity index (χ1n) is 10.0. The predicted molar refractivity (Wildman–Crippen MR) is 120 cm³/mol. The van der Waals surface area contributed by atoms with Crippen LogP contribution in [0.25, 0.3) is 0 Å². The fraction of sp³-hybridized carbons (Fsp3) is 0.409. The maximum absolute atomic E-state index is 13.1. The zero-order valence-electron chi connectivity index (χ0n) is 17.5. The van der Waals surface area contributed by atoms with Crippen LogP contribution in [-0.4, -0.2) is 70.1 Å². The highest BCUT2D eigenvalue weighted by molar-refractivity contribution is 7.91. The Morgan fingerprint density at radius 2 is 1.84 bits per heavy atom. The van der Waals surface area contributed by atoms with E-state index in [-0.39, 0.29) is 30.0 Å². The highest BCUT2D eigenvalue weighted by Crippen LogP contribution is 2.33. The van der Waals surface area contributed by atoms with Crippen molar-refractivity contribution in [2.45, 2.75) is 18.5 Å². The molecule has 2 aliphatic rings. The van der Waals surface area contributed by atoms with Gasteiger partial charge in [0.1, 0.15) is 11.5 Å². The van der Waals surface area contributed by atoms with Crippen LogP contribution in [0.1, 0.15) is 5.56 Å². The monoisotopic (exact) mass is 464 g/mol. The molecule has 2 saturated heterocycles. The molecule has 2 fully saturated rings. The molecule has 0 bridgehead atoms. The molecule has 9 heteroatoms. The Kier molecular flexibility index (Phi) is 6.14. The molecule has 0 unspecified atom stereocenters. The highest BCUT2D eigenvalue weighted by atomic mass is 35.5. The standard InChI is InChI=1S/C22H25ClN2O5S/c1-29-18-6-7-21(30-2)15(10-18)8-9-24-12-22(26)25(17-5-3-4-16(23)11-17)20-14-31(27,28)13-19(20)24/h3-7,10-11,19-20H,8-9,12-14H2,1-2H3/t19-,20+/m0/s1. The van der Waals surface area contributed by atoms with E-state index in [1.807, 2.05) is 23.1 Å². The fourth-order valence-electron chi connectivity index (χ4n) is 4.51. The van der Waals surface area contributed by atoms with E-state index in [0.717, 1.165) is 17.1 Å². The molecule has 2 atom stereocenters. The summed E-state index contributed by atoms with van der Waals surface area (Å²) >= 11 is 6.12. The van der Waals surface area contributed by atoms with Gasteiger partial charge in [0.05, 0.1) is 38.3 Å².